The van der Waals surface area contributed by atoms with Gasteiger partial charge in [-0.25, -0.2) is 0 Å². The molecule has 0 bridgehead atoms. The molecule has 2 rings (SSSR count). The number of aryl methyl sites for hydroxylation is 2. The van der Waals surface area contributed by atoms with Crippen LogP contribution in [0, 0.1) is 32.1 Å². The minimum atomic E-state index is -1.46. The van der Waals surface area contributed by atoms with Crippen molar-refractivity contribution in [1.82, 2.24) is 4.57 Å². The third-order valence-corrected chi connectivity index (χ3v) is 3.47. The lowest BCUT2D eigenvalue weighted by Gasteiger charge is -2.12. The fourth-order valence-electron chi connectivity index (χ4n) is 2.41. The van der Waals surface area contributed by atoms with Gasteiger partial charge in [0.15, 0.2) is 0 Å². The van der Waals surface area contributed by atoms with E-state index in [4.69, 9.17) is 5.26 Å². The summed E-state index contributed by atoms with van der Waals surface area (Å²) in [6, 6.07) is 11.5. The van der Waals surface area contributed by atoms with Crippen LogP contribution in [0.1, 0.15) is 22.5 Å². The Hall–Kier alpha value is -2.80. The van der Waals surface area contributed by atoms with E-state index in [0.29, 0.717) is 5.56 Å². The van der Waals surface area contributed by atoms with Gasteiger partial charge in [-0.1, -0.05) is 18.2 Å². The lowest BCUT2D eigenvalue weighted by atomic mass is 10.1. The zero-order valence-corrected chi connectivity index (χ0v) is 12.2. The van der Waals surface area contributed by atoms with Crippen LogP contribution >= 0.6 is 0 Å². The van der Waals surface area contributed by atoms with Gasteiger partial charge in [0.05, 0.1) is 11.5 Å². The van der Waals surface area contributed by atoms with Gasteiger partial charge in [-0.05, 0) is 50.1 Å². The standard InChI is InChI=1S/C17H16N2O2/c1-11-6-4-5-7-16(11)19-12(2)8-14(13(19)3)9-15(10-18)17(20)21/h4-9H,1-3H3,(H,20,21)/p-1/b15-9+. The van der Waals surface area contributed by atoms with Crippen molar-refractivity contribution in [3.05, 3.63) is 58.4 Å². The number of nitrogens with zero attached hydrogens (tertiary/aromatic N) is 2. The Kier molecular flexibility index (Phi) is 3.95. The van der Waals surface area contributed by atoms with E-state index in [2.05, 4.69) is 0 Å². The number of carboxylic acid groups (broad SMARTS) is 1. The van der Waals surface area contributed by atoms with Gasteiger partial charge >= 0.3 is 0 Å². The number of para-hydroxylation sites is 1. The molecule has 1 heterocycles. The fourth-order valence-corrected chi connectivity index (χ4v) is 2.41. The SMILES string of the molecule is Cc1ccccc1-n1c(C)cc(/C=C(\C#N)C(=O)[O-])c1C. The number of aromatic nitrogens is 1. The first-order chi connectivity index (χ1) is 9.95. The van der Waals surface area contributed by atoms with Gasteiger partial charge in [-0.15, -0.1) is 0 Å². The molecule has 106 valence electrons. The van der Waals surface area contributed by atoms with Crippen LogP contribution in [-0.4, -0.2) is 10.5 Å². The molecule has 0 amide bonds. The topological polar surface area (TPSA) is 68.8 Å². The molecule has 0 fully saturated rings. The highest BCUT2D eigenvalue weighted by Gasteiger charge is 2.11. The molecule has 0 unspecified atom stereocenters. The highest BCUT2D eigenvalue weighted by molar-refractivity contribution is 5.95. The van der Waals surface area contributed by atoms with Crippen LogP contribution in [0.15, 0.2) is 35.9 Å². The highest BCUT2D eigenvalue weighted by atomic mass is 16.4. The van der Waals surface area contributed by atoms with Gasteiger partial charge in [0.1, 0.15) is 6.07 Å². The first kappa shape index (κ1) is 14.6. The molecule has 0 aliphatic heterocycles. The van der Waals surface area contributed by atoms with Gasteiger partial charge in [-0.3, -0.25) is 0 Å². The number of aliphatic carboxylic acids is 1. The second-order valence-electron chi connectivity index (χ2n) is 4.91. The molecule has 4 nitrogen and oxygen atoms in total. The van der Waals surface area contributed by atoms with Crippen LogP contribution in [-0.2, 0) is 4.79 Å². The molecule has 0 N–H and O–H groups in total. The van der Waals surface area contributed by atoms with Crippen molar-refractivity contribution in [2.45, 2.75) is 20.8 Å². The van der Waals surface area contributed by atoms with E-state index in [-0.39, 0.29) is 5.57 Å². The quantitative estimate of drug-likeness (QED) is 0.638. The molecule has 0 aliphatic rings. The van der Waals surface area contributed by atoms with Crippen molar-refractivity contribution in [2.24, 2.45) is 0 Å². The summed E-state index contributed by atoms with van der Waals surface area (Å²) in [5, 5.41) is 19.7. The van der Waals surface area contributed by atoms with Crippen LogP contribution in [0.3, 0.4) is 0 Å². The summed E-state index contributed by atoms with van der Waals surface area (Å²) in [7, 11) is 0. The third kappa shape index (κ3) is 2.72. The van der Waals surface area contributed by atoms with Gasteiger partial charge in [0.25, 0.3) is 0 Å². The van der Waals surface area contributed by atoms with E-state index in [0.717, 1.165) is 22.6 Å². The maximum Gasteiger partial charge on any atom is 0.101 e. The van der Waals surface area contributed by atoms with Crippen LogP contribution in [0.4, 0.5) is 0 Å². The van der Waals surface area contributed by atoms with Gasteiger partial charge in [-0.2, -0.15) is 5.26 Å². The molecule has 1 aromatic heterocycles. The zero-order valence-electron chi connectivity index (χ0n) is 12.2. The maximum absolute atomic E-state index is 10.9. The molecule has 0 saturated heterocycles. The Balaban J connectivity index is 2.62. The van der Waals surface area contributed by atoms with E-state index in [1.807, 2.05) is 55.7 Å². The second-order valence-corrected chi connectivity index (χ2v) is 4.91. The van der Waals surface area contributed by atoms with E-state index in [1.54, 1.807) is 6.07 Å². The summed E-state index contributed by atoms with van der Waals surface area (Å²) >= 11 is 0. The molecule has 21 heavy (non-hydrogen) atoms. The minimum absolute atomic E-state index is 0.375. The van der Waals surface area contributed by atoms with E-state index in [9.17, 15) is 9.90 Å². The van der Waals surface area contributed by atoms with Crippen LogP contribution in [0.5, 0.6) is 0 Å². The maximum atomic E-state index is 10.9. The number of benzene rings is 1. The van der Waals surface area contributed by atoms with Gasteiger partial charge in [0, 0.05) is 17.1 Å². The summed E-state index contributed by atoms with van der Waals surface area (Å²) in [4.78, 5) is 10.9. The number of hydrogen-bond donors (Lipinski definition) is 0. The first-order valence-corrected chi connectivity index (χ1v) is 6.53. The molecule has 0 spiro atoms. The Morgan fingerprint density at radius 3 is 2.52 bits per heavy atom. The van der Waals surface area contributed by atoms with Crippen LogP contribution in [0.2, 0.25) is 0 Å². The largest absolute Gasteiger partial charge is 0.544 e. The summed E-state index contributed by atoms with van der Waals surface area (Å²) < 4.78 is 2.05. The summed E-state index contributed by atoms with van der Waals surface area (Å²) in [6.07, 6.45) is 1.35. The molecule has 0 atom stereocenters. The van der Waals surface area contributed by atoms with Crippen molar-refractivity contribution in [2.75, 3.05) is 0 Å². The van der Waals surface area contributed by atoms with Crippen LogP contribution in [0.25, 0.3) is 11.8 Å². The Bertz CT molecular complexity index is 777. The van der Waals surface area contributed by atoms with E-state index >= 15 is 0 Å². The average Bonchev–Trinajstić information content (AvgIpc) is 2.71. The van der Waals surface area contributed by atoms with Gasteiger partial charge < -0.3 is 14.5 Å². The normalized spacial score (nSPS) is 11.2. The molecule has 2 aromatic rings. The molecular formula is C17H15N2O2-. The van der Waals surface area contributed by atoms with Crippen molar-refractivity contribution < 1.29 is 9.90 Å². The van der Waals surface area contributed by atoms with Gasteiger partial charge in [0.2, 0.25) is 0 Å². The molecule has 0 radical (unpaired) electrons. The molecule has 0 aliphatic carbocycles. The first-order valence-electron chi connectivity index (χ1n) is 6.53. The number of rotatable bonds is 3. The number of nitriles is 1. The molecule has 1 aromatic carbocycles. The Morgan fingerprint density at radius 2 is 1.95 bits per heavy atom. The molecule has 0 saturated carbocycles. The molecule has 4 heteroatoms. The highest BCUT2D eigenvalue weighted by Crippen LogP contribution is 2.24. The number of carbonyl (C=O) groups excluding carboxylic acids is 1. The Labute approximate surface area is 123 Å². The monoisotopic (exact) mass is 279 g/mol. The summed E-state index contributed by atoms with van der Waals surface area (Å²) in [5.41, 5.74) is 4.35. The van der Waals surface area contributed by atoms with Crippen molar-refractivity contribution >= 4 is 12.0 Å². The van der Waals surface area contributed by atoms with E-state index in [1.165, 1.54) is 6.08 Å². The second kappa shape index (κ2) is 5.68. The number of carbonyl (C=O) groups is 1. The van der Waals surface area contributed by atoms with E-state index < -0.39 is 5.97 Å². The van der Waals surface area contributed by atoms with Crippen molar-refractivity contribution in [1.29, 1.82) is 5.26 Å². The minimum Gasteiger partial charge on any atom is -0.544 e. The third-order valence-electron chi connectivity index (χ3n) is 3.47. The number of carboxylic acids is 1. The lowest BCUT2D eigenvalue weighted by molar-refractivity contribution is -0.298. The number of hydrogen-bond acceptors (Lipinski definition) is 3. The average molecular weight is 279 g/mol. The zero-order chi connectivity index (χ0) is 15.6. The fraction of sp³-hybridized carbons (Fsp3) is 0.176. The smallest absolute Gasteiger partial charge is 0.101 e. The van der Waals surface area contributed by atoms with Crippen LogP contribution < -0.4 is 5.11 Å². The van der Waals surface area contributed by atoms with Crippen molar-refractivity contribution in [3.8, 4) is 11.8 Å². The predicted molar refractivity (Wildman–Crippen MR) is 78.6 cm³/mol. The Morgan fingerprint density at radius 1 is 1.29 bits per heavy atom. The van der Waals surface area contributed by atoms with Crippen molar-refractivity contribution in [3.63, 3.8) is 0 Å². The predicted octanol–water partition coefficient (Wildman–Crippen LogP) is 2.06. The summed E-state index contributed by atoms with van der Waals surface area (Å²) in [6.45, 7) is 5.86. The lowest BCUT2D eigenvalue weighted by Crippen LogP contribution is -2.23. The molecular weight excluding hydrogens is 264 g/mol. The summed E-state index contributed by atoms with van der Waals surface area (Å²) in [5.74, 6) is -1.46.